The summed E-state index contributed by atoms with van der Waals surface area (Å²) in [6, 6.07) is 4.22. The average Bonchev–Trinajstić information content (AvgIpc) is 2.28. The number of hydrogen-bond donors (Lipinski definition) is 2. The second-order valence-corrected chi connectivity index (χ2v) is 5.74. The van der Waals surface area contributed by atoms with E-state index in [9.17, 15) is 14.3 Å². The van der Waals surface area contributed by atoms with Gasteiger partial charge in [-0.1, -0.05) is 13.8 Å². The first kappa shape index (κ1) is 15.6. The molecule has 1 rings (SSSR count). The zero-order valence-electron chi connectivity index (χ0n) is 12.0. The van der Waals surface area contributed by atoms with E-state index in [1.807, 2.05) is 13.8 Å². The quantitative estimate of drug-likeness (QED) is 0.861. The van der Waals surface area contributed by atoms with Crippen molar-refractivity contribution < 1.29 is 14.3 Å². The Morgan fingerprint density at radius 2 is 2.11 bits per heavy atom. The minimum absolute atomic E-state index is 0.181. The number of carbonyl (C=O) groups excluding carboxylic acids is 1. The zero-order valence-corrected chi connectivity index (χ0v) is 12.0. The van der Waals surface area contributed by atoms with Gasteiger partial charge in [0.1, 0.15) is 5.82 Å². The van der Waals surface area contributed by atoms with E-state index < -0.39 is 5.60 Å². The van der Waals surface area contributed by atoms with Gasteiger partial charge in [0.25, 0.3) is 5.91 Å². The summed E-state index contributed by atoms with van der Waals surface area (Å²) in [4.78, 5) is 11.9. The van der Waals surface area contributed by atoms with Gasteiger partial charge in [0, 0.05) is 12.1 Å². The molecule has 4 heteroatoms. The van der Waals surface area contributed by atoms with Crippen molar-refractivity contribution in [1.29, 1.82) is 0 Å². The van der Waals surface area contributed by atoms with Crippen molar-refractivity contribution >= 4 is 5.91 Å². The van der Waals surface area contributed by atoms with E-state index in [4.69, 9.17) is 0 Å². The molecule has 0 fully saturated rings. The fraction of sp³-hybridized carbons (Fsp3) is 0.533. The first-order valence-electron chi connectivity index (χ1n) is 6.48. The van der Waals surface area contributed by atoms with Crippen molar-refractivity contribution in [2.75, 3.05) is 6.54 Å². The molecule has 0 aliphatic rings. The van der Waals surface area contributed by atoms with Crippen molar-refractivity contribution in [3.05, 3.63) is 35.1 Å². The maximum Gasteiger partial charge on any atom is 0.251 e. The van der Waals surface area contributed by atoms with Gasteiger partial charge in [0.2, 0.25) is 0 Å². The highest BCUT2D eigenvalue weighted by molar-refractivity contribution is 5.94. The molecule has 2 N–H and O–H groups in total. The van der Waals surface area contributed by atoms with Crippen LogP contribution in [0.2, 0.25) is 0 Å². The highest BCUT2D eigenvalue weighted by Gasteiger charge is 2.22. The summed E-state index contributed by atoms with van der Waals surface area (Å²) in [6.45, 7) is 7.52. The molecular formula is C15H22FNO2. The molecule has 0 spiro atoms. The molecule has 3 nitrogen and oxygen atoms in total. The molecule has 1 aromatic carbocycles. The van der Waals surface area contributed by atoms with Crippen LogP contribution in [0, 0.1) is 18.7 Å². The molecule has 1 atom stereocenters. The number of halogens is 1. The molecule has 0 aliphatic carbocycles. The number of nitrogens with one attached hydrogen (secondary N) is 1. The fourth-order valence-corrected chi connectivity index (χ4v) is 2.11. The van der Waals surface area contributed by atoms with Crippen LogP contribution in [0.1, 0.15) is 43.1 Å². The maximum atomic E-state index is 13.1. The summed E-state index contributed by atoms with van der Waals surface area (Å²) >= 11 is 0. The van der Waals surface area contributed by atoms with Gasteiger partial charge in [-0.2, -0.15) is 0 Å². The molecule has 1 amide bonds. The maximum absolute atomic E-state index is 13.1. The summed E-state index contributed by atoms with van der Waals surface area (Å²) < 4.78 is 13.1. The molecule has 106 valence electrons. The van der Waals surface area contributed by atoms with Gasteiger partial charge in [-0.25, -0.2) is 4.39 Å². The third-order valence-electron chi connectivity index (χ3n) is 2.90. The SMILES string of the molecule is Cc1cc(C(=O)NCC(C)(O)CC(C)C)ccc1F. The molecule has 0 bridgehead atoms. The lowest BCUT2D eigenvalue weighted by molar-refractivity contribution is 0.0368. The van der Waals surface area contributed by atoms with E-state index in [0.29, 0.717) is 23.5 Å². The Labute approximate surface area is 113 Å². The monoisotopic (exact) mass is 267 g/mol. The molecule has 0 saturated heterocycles. The fourth-order valence-electron chi connectivity index (χ4n) is 2.11. The van der Waals surface area contributed by atoms with Crippen LogP contribution >= 0.6 is 0 Å². The molecule has 1 aromatic rings. The van der Waals surface area contributed by atoms with Crippen LogP contribution in [-0.4, -0.2) is 23.2 Å². The summed E-state index contributed by atoms with van der Waals surface area (Å²) in [7, 11) is 0. The predicted octanol–water partition coefficient (Wildman–Crippen LogP) is 2.66. The van der Waals surface area contributed by atoms with Crippen molar-refractivity contribution in [3.63, 3.8) is 0 Å². The number of benzene rings is 1. The summed E-state index contributed by atoms with van der Waals surface area (Å²) in [5, 5.41) is 12.8. The van der Waals surface area contributed by atoms with Gasteiger partial charge in [0.05, 0.1) is 5.60 Å². The second kappa shape index (κ2) is 6.15. The van der Waals surface area contributed by atoms with Gasteiger partial charge in [-0.05, 0) is 49.9 Å². The Balaban J connectivity index is 2.62. The predicted molar refractivity (Wildman–Crippen MR) is 73.5 cm³/mol. The number of hydrogen-bond acceptors (Lipinski definition) is 2. The molecule has 0 radical (unpaired) electrons. The molecule has 0 saturated carbocycles. The van der Waals surface area contributed by atoms with Crippen LogP contribution in [0.15, 0.2) is 18.2 Å². The van der Waals surface area contributed by atoms with Crippen molar-refractivity contribution in [2.45, 2.75) is 39.7 Å². The van der Waals surface area contributed by atoms with Crippen LogP contribution in [-0.2, 0) is 0 Å². The summed E-state index contributed by atoms with van der Waals surface area (Å²) in [6.07, 6.45) is 0.607. The lowest BCUT2D eigenvalue weighted by Crippen LogP contribution is -2.41. The number of aryl methyl sites for hydroxylation is 1. The Hall–Kier alpha value is -1.42. The van der Waals surface area contributed by atoms with Gasteiger partial charge in [-0.15, -0.1) is 0 Å². The lowest BCUT2D eigenvalue weighted by atomic mass is 9.94. The van der Waals surface area contributed by atoms with E-state index in [2.05, 4.69) is 5.32 Å². The topological polar surface area (TPSA) is 49.3 Å². The third-order valence-corrected chi connectivity index (χ3v) is 2.90. The summed E-state index contributed by atoms with van der Waals surface area (Å²) in [5.74, 6) is -0.282. The largest absolute Gasteiger partial charge is 0.388 e. The van der Waals surface area contributed by atoms with E-state index in [-0.39, 0.29) is 18.3 Å². The van der Waals surface area contributed by atoms with E-state index in [1.165, 1.54) is 18.2 Å². The normalized spacial score (nSPS) is 14.3. The highest BCUT2D eigenvalue weighted by atomic mass is 19.1. The Morgan fingerprint density at radius 3 is 2.63 bits per heavy atom. The molecule has 19 heavy (non-hydrogen) atoms. The molecule has 0 heterocycles. The molecule has 1 unspecified atom stereocenters. The molecule has 0 aromatic heterocycles. The molecule has 0 aliphatic heterocycles. The van der Waals surface area contributed by atoms with Crippen LogP contribution < -0.4 is 5.32 Å². The van der Waals surface area contributed by atoms with Crippen LogP contribution in [0.5, 0.6) is 0 Å². The van der Waals surface area contributed by atoms with E-state index in [0.717, 1.165) is 0 Å². The third kappa shape index (κ3) is 4.99. The van der Waals surface area contributed by atoms with Gasteiger partial charge in [-0.3, -0.25) is 4.79 Å². The van der Waals surface area contributed by atoms with Crippen LogP contribution in [0.3, 0.4) is 0 Å². The van der Waals surface area contributed by atoms with Crippen molar-refractivity contribution in [1.82, 2.24) is 5.32 Å². The number of carbonyl (C=O) groups is 1. The van der Waals surface area contributed by atoms with Crippen LogP contribution in [0.4, 0.5) is 4.39 Å². The smallest absolute Gasteiger partial charge is 0.251 e. The Bertz CT molecular complexity index is 455. The van der Waals surface area contributed by atoms with E-state index in [1.54, 1.807) is 13.8 Å². The van der Waals surface area contributed by atoms with E-state index >= 15 is 0 Å². The Morgan fingerprint density at radius 1 is 1.47 bits per heavy atom. The lowest BCUT2D eigenvalue weighted by Gasteiger charge is -2.25. The average molecular weight is 267 g/mol. The first-order valence-corrected chi connectivity index (χ1v) is 6.48. The number of rotatable bonds is 5. The van der Waals surface area contributed by atoms with Crippen molar-refractivity contribution in [2.24, 2.45) is 5.92 Å². The Kier molecular flexibility index (Phi) is 5.06. The van der Waals surface area contributed by atoms with Crippen LogP contribution in [0.25, 0.3) is 0 Å². The minimum Gasteiger partial charge on any atom is -0.388 e. The molecular weight excluding hydrogens is 245 g/mol. The van der Waals surface area contributed by atoms with Gasteiger partial charge >= 0.3 is 0 Å². The number of amides is 1. The number of aliphatic hydroxyl groups is 1. The second-order valence-electron chi connectivity index (χ2n) is 5.74. The van der Waals surface area contributed by atoms with Crippen molar-refractivity contribution in [3.8, 4) is 0 Å². The van der Waals surface area contributed by atoms with Gasteiger partial charge in [0.15, 0.2) is 0 Å². The first-order chi connectivity index (χ1) is 8.71. The zero-order chi connectivity index (χ0) is 14.6. The minimum atomic E-state index is -0.932. The standard InChI is InChI=1S/C15H22FNO2/c1-10(2)8-15(4,19)9-17-14(18)12-5-6-13(16)11(3)7-12/h5-7,10,19H,8-9H2,1-4H3,(H,17,18). The highest BCUT2D eigenvalue weighted by Crippen LogP contribution is 2.15. The summed E-state index contributed by atoms with van der Waals surface area (Å²) in [5.41, 5.74) is -0.0975. The van der Waals surface area contributed by atoms with Gasteiger partial charge < -0.3 is 10.4 Å².